The van der Waals surface area contributed by atoms with Crippen molar-refractivity contribution in [2.45, 2.75) is 40.4 Å². The molecule has 0 atom stereocenters. The van der Waals surface area contributed by atoms with Gasteiger partial charge in [0, 0.05) is 0 Å². The quantitative estimate of drug-likeness (QED) is 0.891. The van der Waals surface area contributed by atoms with E-state index in [2.05, 4.69) is 31.2 Å². The molecule has 0 fully saturated rings. The summed E-state index contributed by atoms with van der Waals surface area (Å²) in [6.45, 7) is 6.83. The lowest BCUT2D eigenvalue weighted by Crippen LogP contribution is -2.00. The van der Waals surface area contributed by atoms with Gasteiger partial charge in [0.15, 0.2) is 0 Å². The molecule has 2 nitrogen and oxygen atoms in total. The molecule has 0 radical (unpaired) electrons. The summed E-state index contributed by atoms with van der Waals surface area (Å²) in [6.07, 6.45) is 1.06. The van der Waals surface area contributed by atoms with Crippen LogP contribution in [0.3, 0.4) is 0 Å². The molecule has 1 N–H and O–H groups in total. The molecular weight excluding hydrogens is 248 g/mol. The predicted octanol–water partition coefficient (Wildman–Crippen LogP) is 3.94. The summed E-state index contributed by atoms with van der Waals surface area (Å²) >= 11 is 0. The van der Waals surface area contributed by atoms with Gasteiger partial charge in [-0.05, 0) is 48.1 Å². The lowest BCUT2D eigenvalue weighted by molar-refractivity contribution is 0.280. The molecule has 2 aromatic rings. The molecule has 2 aromatic carbocycles. The maximum atomic E-state index is 9.19. The first-order chi connectivity index (χ1) is 9.63. The van der Waals surface area contributed by atoms with Gasteiger partial charge in [-0.3, -0.25) is 0 Å². The standard InChI is InChI=1S/C18H22O2/c1-4-15-5-7-16(8-6-15)12-20-18-13(2)9-17(11-19)10-14(18)3/h5-10,19H,4,11-12H2,1-3H3. The zero-order chi connectivity index (χ0) is 14.5. The van der Waals surface area contributed by atoms with Crippen molar-refractivity contribution in [1.29, 1.82) is 0 Å². The van der Waals surface area contributed by atoms with E-state index in [1.54, 1.807) is 0 Å². The minimum atomic E-state index is 0.0699. The van der Waals surface area contributed by atoms with Crippen LogP contribution in [0, 0.1) is 13.8 Å². The molecule has 0 unspecified atom stereocenters. The first kappa shape index (κ1) is 14.6. The Morgan fingerprint density at radius 1 is 0.900 bits per heavy atom. The van der Waals surface area contributed by atoms with Gasteiger partial charge in [-0.25, -0.2) is 0 Å². The zero-order valence-electron chi connectivity index (χ0n) is 12.4. The van der Waals surface area contributed by atoms with Gasteiger partial charge in [-0.15, -0.1) is 0 Å². The van der Waals surface area contributed by atoms with Crippen LogP contribution < -0.4 is 4.74 Å². The van der Waals surface area contributed by atoms with Gasteiger partial charge in [0.1, 0.15) is 12.4 Å². The number of aliphatic hydroxyl groups is 1. The first-order valence-corrected chi connectivity index (χ1v) is 7.05. The van der Waals surface area contributed by atoms with Crippen molar-refractivity contribution in [3.8, 4) is 5.75 Å². The Labute approximate surface area is 121 Å². The number of benzene rings is 2. The second kappa shape index (κ2) is 6.58. The number of ether oxygens (including phenoxy) is 1. The molecule has 0 aromatic heterocycles. The third-order valence-electron chi connectivity index (χ3n) is 3.52. The molecule has 106 valence electrons. The maximum Gasteiger partial charge on any atom is 0.125 e. The first-order valence-electron chi connectivity index (χ1n) is 7.05. The topological polar surface area (TPSA) is 29.5 Å². The Morgan fingerprint density at radius 2 is 1.45 bits per heavy atom. The normalized spacial score (nSPS) is 10.6. The van der Waals surface area contributed by atoms with Crippen molar-refractivity contribution in [1.82, 2.24) is 0 Å². The zero-order valence-corrected chi connectivity index (χ0v) is 12.4. The molecule has 2 heteroatoms. The number of hydrogen-bond acceptors (Lipinski definition) is 2. The van der Waals surface area contributed by atoms with Crippen molar-refractivity contribution >= 4 is 0 Å². The van der Waals surface area contributed by atoms with Gasteiger partial charge in [-0.1, -0.05) is 43.3 Å². The second-order valence-corrected chi connectivity index (χ2v) is 5.18. The highest BCUT2D eigenvalue weighted by Crippen LogP contribution is 2.25. The highest BCUT2D eigenvalue weighted by molar-refractivity contribution is 5.43. The summed E-state index contributed by atoms with van der Waals surface area (Å²) in [5.74, 6) is 0.918. The molecule has 0 saturated heterocycles. The third-order valence-corrected chi connectivity index (χ3v) is 3.52. The smallest absolute Gasteiger partial charge is 0.125 e. The SMILES string of the molecule is CCc1ccc(COc2c(C)cc(CO)cc2C)cc1. The van der Waals surface area contributed by atoms with Crippen molar-refractivity contribution in [2.75, 3.05) is 0 Å². The second-order valence-electron chi connectivity index (χ2n) is 5.18. The fourth-order valence-corrected chi connectivity index (χ4v) is 2.39. The predicted molar refractivity (Wildman–Crippen MR) is 82.0 cm³/mol. The minimum Gasteiger partial charge on any atom is -0.488 e. The monoisotopic (exact) mass is 270 g/mol. The van der Waals surface area contributed by atoms with E-state index in [1.807, 2.05) is 26.0 Å². The molecule has 0 aliphatic rings. The van der Waals surface area contributed by atoms with Crippen molar-refractivity contribution in [3.05, 3.63) is 64.2 Å². The lowest BCUT2D eigenvalue weighted by Gasteiger charge is -2.14. The van der Waals surface area contributed by atoms with Gasteiger partial charge in [0.05, 0.1) is 6.61 Å². The van der Waals surface area contributed by atoms with E-state index < -0.39 is 0 Å². The molecule has 0 amide bonds. The lowest BCUT2D eigenvalue weighted by atomic mass is 10.1. The minimum absolute atomic E-state index is 0.0699. The van der Waals surface area contributed by atoms with E-state index in [-0.39, 0.29) is 6.61 Å². The Bertz CT molecular complexity index is 547. The van der Waals surface area contributed by atoms with Crippen LogP contribution in [0.2, 0.25) is 0 Å². The van der Waals surface area contributed by atoms with Crippen LogP contribution in [-0.4, -0.2) is 5.11 Å². The van der Waals surface area contributed by atoms with Crippen LogP contribution in [0.25, 0.3) is 0 Å². The Balaban J connectivity index is 2.10. The number of aryl methyl sites for hydroxylation is 3. The summed E-state index contributed by atoms with van der Waals surface area (Å²) < 4.78 is 5.94. The van der Waals surface area contributed by atoms with Crippen molar-refractivity contribution in [2.24, 2.45) is 0 Å². The average Bonchev–Trinajstić information content (AvgIpc) is 2.46. The maximum absolute atomic E-state index is 9.19. The van der Waals surface area contributed by atoms with Crippen LogP contribution in [0.4, 0.5) is 0 Å². The molecule has 0 bridgehead atoms. The summed E-state index contributed by atoms with van der Waals surface area (Å²) in [5.41, 5.74) is 5.58. The molecule has 0 aliphatic carbocycles. The van der Waals surface area contributed by atoms with E-state index in [1.165, 1.54) is 11.1 Å². The van der Waals surface area contributed by atoms with Crippen LogP contribution in [0.5, 0.6) is 5.75 Å². The average molecular weight is 270 g/mol. The molecule has 0 saturated carbocycles. The van der Waals surface area contributed by atoms with Gasteiger partial charge in [0.25, 0.3) is 0 Å². The van der Waals surface area contributed by atoms with Gasteiger partial charge in [-0.2, -0.15) is 0 Å². The summed E-state index contributed by atoms with van der Waals surface area (Å²) in [5, 5.41) is 9.19. The number of rotatable bonds is 5. The van der Waals surface area contributed by atoms with Crippen LogP contribution >= 0.6 is 0 Å². The van der Waals surface area contributed by atoms with E-state index in [0.717, 1.165) is 28.9 Å². The fourth-order valence-electron chi connectivity index (χ4n) is 2.39. The van der Waals surface area contributed by atoms with Crippen LogP contribution in [0.15, 0.2) is 36.4 Å². The fraction of sp³-hybridized carbons (Fsp3) is 0.333. The number of aliphatic hydroxyl groups excluding tert-OH is 1. The van der Waals surface area contributed by atoms with Crippen LogP contribution in [0.1, 0.15) is 34.7 Å². The van der Waals surface area contributed by atoms with E-state index in [4.69, 9.17) is 4.74 Å². The Morgan fingerprint density at radius 3 is 1.95 bits per heavy atom. The van der Waals surface area contributed by atoms with Gasteiger partial charge < -0.3 is 9.84 Å². The van der Waals surface area contributed by atoms with Gasteiger partial charge in [0.2, 0.25) is 0 Å². The molecule has 20 heavy (non-hydrogen) atoms. The highest BCUT2D eigenvalue weighted by Gasteiger charge is 2.06. The van der Waals surface area contributed by atoms with E-state index >= 15 is 0 Å². The highest BCUT2D eigenvalue weighted by atomic mass is 16.5. The molecule has 0 heterocycles. The Hall–Kier alpha value is -1.80. The number of hydrogen-bond donors (Lipinski definition) is 1. The largest absolute Gasteiger partial charge is 0.488 e. The summed E-state index contributed by atoms with van der Waals surface area (Å²) in [4.78, 5) is 0. The van der Waals surface area contributed by atoms with Gasteiger partial charge >= 0.3 is 0 Å². The van der Waals surface area contributed by atoms with E-state index in [0.29, 0.717) is 6.61 Å². The Kier molecular flexibility index (Phi) is 4.80. The molecule has 0 aliphatic heterocycles. The summed E-state index contributed by atoms with van der Waals surface area (Å²) in [6, 6.07) is 12.5. The molecule has 0 spiro atoms. The van der Waals surface area contributed by atoms with Crippen LogP contribution in [-0.2, 0) is 19.6 Å². The van der Waals surface area contributed by atoms with Crippen molar-refractivity contribution in [3.63, 3.8) is 0 Å². The third kappa shape index (κ3) is 3.40. The van der Waals surface area contributed by atoms with Crippen molar-refractivity contribution < 1.29 is 9.84 Å². The summed E-state index contributed by atoms with van der Waals surface area (Å²) in [7, 11) is 0. The molecular formula is C18H22O2. The molecule has 2 rings (SSSR count). The van der Waals surface area contributed by atoms with E-state index in [9.17, 15) is 5.11 Å².